The second kappa shape index (κ2) is 6.19. The van der Waals surface area contributed by atoms with Crippen molar-refractivity contribution in [2.45, 2.75) is 0 Å². The normalized spacial score (nSPS) is 44.8. The summed E-state index contributed by atoms with van der Waals surface area (Å²) in [6.45, 7) is -3.30. The van der Waals surface area contributed by atoms with E-state index < -0.39 is 43.8 Å². The van der Waals surface area contributed by atoms with Crippen LogP contribution in [0, 0.1) is 0 Å². The van der Waals surface area contributed by atoms with Crippen LogP contribution in [0.4, 0.5) is 0 Å². The lowest BCUT2D eigenvalue weighted by Gasteiger charge is -2.18. The van der Waals surface area contributed by atoms with Crippen molar-refractivity contribution in [3.8, 4) is 0 Å². The van der Waals surface area contributed by atoms with Crippen LogP contribution in [-0.2, 0) is 40.8 Å². The third-order valence-corrected chi connectivity index (χ3v) is 3.89. The van der Waals surface area contributed by atoms with Gasteiger partial charge in [-0.15, -0.1) is 0 Å². The molecule has 18 heavy (non-hydrogen) atoms. The lowest BCUT2D eigenvalue weighted by Crippen LogP contribution is -2.08. The van der Waals surface area contributed by atoms with Crippen molar-refractivity contribution >= 4 is 23.5 Å². The van der Waals surface area contributed by atoms with Gasteiger partial charge in [0.15, 0.2) is 20.4 Å². The van der Waals surface area contributed by atoms with Gasteiger partial charge >= 0.3 is 23.5 Å². The molecule has 0 spiro atoms. The molecule has 15 heteroatoms. The fourth-order valence-electron chi connectivity index (χ4n) is 0.582. The van der Waals surface area contributed by atoms with E-state index in [9.17, 15) is 13.7 Å². The molecule has 0 amide bonds. The first-order valence-electron chi connectivity index (χ1n) is 3.98. The van der Waals surface area contributed by atoms with Crippen LogP contribution in [0.1, 0.15) is 0 Å². The minimum Gasteiger partial charge on any atom is -0.302 e. The third-order valence-electron chi connectivity index (χ3n) is 1.30. The molecule has 108 valence electrons. The standard InChI is InChI=1S/C3H9O12P3/c4-16(5)10-1-11-17(6,7)13-3-15-18(8,9)14-2-12-16/h1-3H2,(H,4,5)(H,6,7)(H,8,9). The molecule has 1 fully saturated rings. The summed E-state index contributed by atoms with van der Waals surface area (Å²) in [6.07, 6.45) is 0. The van der Waals surface area contributed by atoms with Crippen LogP contribution in [0.25, 0.3) is 0 Å². The Kier molecular flexibility index (Phi) is 5.63. The fourth-order valence-corrected chi connectivity index (χ4v) is 2.17. The summed E-state index contributed by atoms with van der Waals surface area (Å²) >= 11 is 0. The summed E-state index contributed by atoms with van der Waals surface area (Å²) in [5.74, 6) is 0. The van der Waals surface area contributed by atoms with Gasteiger partial charge in [0.2, 0.25) is 0 Å². The average Bonchev–Trinajstić information content (AvgIpc) is 2.13. The van der Waals surface area contributed by atoms with Crippen LogP contribution in [0.15, 0.2) is 0 Å². The van der Waals surface area contributed by atoms with Crippen LogP contribution < -0.4 is 0 Å². The van der Waals surface area contributed by atoms with Crippen LogP contribution in [0.2, 0.25) is 0 Å². The Morgan fingerprint density at radius 3 is 0.889 bits per heavy atom. The molecule has 3 N–H and O–H groups in total. The summed E-state index contributed by atoms with van der Waals surface area (Å²) in [4.78, 5) is 26.8. The summed E-state index contributed by atoms with van der Waals surface area (Å²) in [7, 11) is -14.0. The average molecular weight is 330 g/mol. The van der Waals surface area contributed by atoms with Gasteiger partial charge in [-0.05, 0) is 0 Å². The number of phosphoric ester groups is 3. The molecule has 12 nitrogen and oxygen atoms in total. The molecule has 0 aromatic rings. The van der Waals surface area contributed by atoms with Gasteiger partial charge < -0.3 is 14.7 Å². The molecule has 0 aromatic heterocycles. The van der Waals surface area contributed by atoms with E-state index in [-0.39, 0.29) is 0 Å². The van der Waals surface area contributed by atoms with Gasteiger partial charge in [0.25, 0.3) is 0 Å². The largest absolute Gasteiger partial charge is 0.476 e. The number of hydrogen-bond donors (Lipinski definition) is 3. The molecule has 0 aromatic carbocycles. The molecule has 0 aliphatic carbocycles. The first kappa shape index (κ1) is 16.4. The molecule has 1 aliphatic heterocycles. The molecular weight excluding hydrogens is 321 g/mol. The van der Waals surface area contributed by atoms with Crippen molar-refractivity contribution in [1.29, 1.82) is 0 Å². The van der Waals surface area contributed by atoms with E-state index in [1.54, 1.807) is 0 Å². The molecular formula is C3H9O12P3. The van der Waals surface area contributed by atoms with Crippen molar-refractivity contribution in [3.63, 3.8) is 0 Å². The summed E-state index contributed by atoms with van der Waals surface area (Å²) in [5, 5.41) is 0. The van der Waals surface area contributed by atoms with Crippen LogP contribution in [0.5, 0.6) is 0 Å². The Hall–Kier alpha value is 0.330. The van der Waals surface area contributed by atoms with Gasteiger partial charge in [-0.1, -0.05) is 0 Å². The van der Waals surface area contributed by atoms with E-state index >= 15 is 0 Å². The van der Waals surface area contributed by atoms with Gasteiger partial charge in [0.05, 0.1) is 0 Å². The van der Waals surface area contributed by atoms with Gasteiger partial charge in [-0.2, -0.15) is 0 Å². The molecule has 1 aliphatic rings. The zero-order valence-electron chi connectivity index (χ0n) is 8.48. The summed E-state index contributed by atoms with van der Waals surface area (Å²) in [5.41, 5.74) is 0. The second-order valence-corrected chi connectivity index (χ2v) is 6.89. The molecule has 0 unspecified atom stereocenters. The number of hydrogen-bond acceptors (Lipinski definition) is 9. The van der Waals surface area contributed by atoms with Crippen molar-refractivity contribution in [2.24, 2.45) is 0 Å². The quantitative estimate of drug-likeness (QED) is 0.519. The highest BCUT2D eigenvalue weighted by Crippen LogP contribution is 2.51. The zero-order chi connectivity index (χ0) is 13.9. The molecule has 0 radical (unpaired) electrons. The number of rotatable bonds is 0. The lowest BCUT2D eigenvalue weighted by atomic mass is 11.6. The Balaban J connectivity index is 2.72. The minimum absolute atomic E-state index is 1.10. The maximum absolute atomic E-state index is 11.0. The minimum atomic E-state index is -4.68. The van der Waals surface area contributed by atoms with E-state index in [1.165, 1.54) is 0 Å². The first-order valence-corrected chi connectivity index (χ1v) is 8.46. The number of phosphoric acid groups is 3. The Morgan fingerprint density at radius 2 is 0.722 bits per heavy atom. The van der Waals surface area contributed by atoms with Crippen LogP contribution in [0.3, 0.4) is 0 Å². The molecule has 0 bridgehead atoms. The topological polar surface area (TPSA) is 167 Å². The van der Waals surface area contributed by atoms with E-state index in [0.717, 1.165) is 0 Å². The molecule has 0 saturated carbocycles. The Labute approximate surface area is 100 Å². The highest BCUT2D eigenvalue weighted by atomic mass is 31.2. The lowest BCUT2D eigenvalue weighted by molar-refractivity contribution is -0.0246. The van der Waals surface area contributed by atoms with Crippen molar-refractivity contribution in [1.82, 2.24) is 0 Å². The molecule has 0 atom stereocenters. The third kappa shape index (κ3) is 6.48. The SMILES string of the molecule is O=P1(O)OCOP(=O)(O)OCOP(=O)(O)OCO1. The monoisotopic (exact) mass is 330 g/mol. The Bertz CT molecular complexity index is 331. The molecule has 1 rings (SSSR count). The van der Waals surface area contributed by atoms with Crippen molar-refractivity contribution in [3.05, 3.63) is 0 Å². The van der Waals surface area contributed by atoms with E-state index in [1.807, 2.05) is 0 Å². The Morgan fingerprint density at radius 1 is 0.556 bits per heavy atom. The van der Waals surface area contributed by atoms with E-state index in [2.05, 4.69) is 27.1 Å². The maximum atomic E-state index is 11.0. The van der Waals surface area contributed by atoms with Gasteiger partial charge in [0.1, 0.15) is 0 Å². The molecule has 1 saturated heterocycles. The van der Waals surface area contributed by atoms with E-state index in [4.69, 9.17) is 14.7 Å². The summed E-state index contributed by atoms with van der Waals surface area (Å²) < 4.78 is 57.5. The van der Waals surface area contributed by atoms with Crippen molar-refractivity contribution < 1.29 is 55.5 Å². The molecule has 1 heterocycles. The van der Waals surface area contributed by atoms with Gasteiger partial charge in [-0.25, -0.2) is 13.7 Å². The van der Waals surface area contributed by atoms with E-state index in [0.29, 0.717) is 0 Å². The van der Waals surface area contributed by atoms with Crippen LogP contribution >= 0.6 is 23.5 Å². The predicted molar refractivity (Wildman–Crippen MR) is 50.6 cm³/mol. The highest BCUT2D eigenvalue weighted by molar-refractivity contribution is 7.48. The van der Waals surface area contributed by atoms with Gasteiger partial charge in [-0.3, -0.25) is 27.1 Å². The van der Waals surface area contributed by atoms with Crippen LogP contribution in [-0.4, -0.2) is 35.1 Å². The smallest absolute Gasteiger partial charge is 0.302 e. The van der Waals surface area contributed by atoms with Gasteiger partial charge in [0, 0.05) is 0 Å². The summed E-state index contributed by atoms with van der Waals surface area (Å²) in [6, 6.07) is 0. The fraction of sp³-hybridized carbons (Fsp3) is 1.00. The predicted octanol–water partition coefficient (Wildman–Crippen LogP) is 0.273. The van der Waals surface area contributed by atoms with Crippen molar-refractivity contribution in [2.75, 3.05) is 20.4 Å². The second-order valence-electron chi connectivity index (χ2n) is 2.53. The zero-order valence-corrected chi connectivity index (χ0v) is 11.2. The highest BCUT2D eigenvalue weighted by Gasteiger charge is 2.31. The maximum Gasteiger partial charge on any atom is 0.476 e. The first-order chi connectivity index (χ1) is 8.12.